The van der Waals surface area contributed by atoms with Crippen LogP contribution in [0.3, 0.4) is 0 Å². The Hall–Kier alpha value is -2.72. The molecule has 0 spiro atoms. The van der Waals surface area contributed by atoms with Gasteiger partial charge in [-0.25, -0.2) is 0 Å². The van der Waals surface area contributed by atoms with E-state index in [1.807, 2.05) is 0 Å². The number of carbonyl (C=O) groups excluding carboxylic acids is 2. The van der Waals surface area contributed by atoms with E-state index in [0.29, 0.717) is 12.8 Å². The lowest BCUT2D eigenvalue weighted by molar-refractivity contribution is -0.758. The predicted molar refractivity (Wildman–Crippen MR) is 209 cm³/mol. The number of hydrogen-bond donors (Lipinski definition) is 0. The van der Waals surface area contributed by atoms with Gasteiger partial charge in [-0.05, 0) is 51.4 Å². The summed E-state index contributed by atoms with van der Waals surface area (Å²) < 4.78 is 18.6. The third-order valence-electron chi connectivity index (χ3n) is 10.4. The lowest BCUT2D eigenvalue weighted by Crippen LogP contribution is -2.41. The smallest absolute Gasteiger partial charge is 0.305 e. The van der Waals surface area contributed by atoms with Crippen LogP contribution in [-0.2, 0) is 72.9 Å². The lowest BCUT2D eigenvalue weighted by Gasteiger charge is -2.02. The Bertz CT molecular complexity index is 1090. The molecule has 0 fully saturated rings. The van der Waals surface area contributed by atoms with Crippen molar-refractivity contribution < 1.29 is 39.4 Å². The molecule has 2 rings (SSSR count). The molecule has 0 amide bonds. The summed E-state index contributed by atoms with van der Waals surface area (Å²) in [6, 6.07) is 4.81. The van der Waals surface area contributed by atoms with Crippen LogP contribution in [0.2, 0.25) is 0 Å². The van der Waals surface area contributed by atoms with Crippen molar-refractivity contribution in [3.05, 3.63) is 34.9 Å². The summed E-state index contributed by atoms with van der Waals surface area (Å²) in [5.74, 6) is -0.163. The van der Waals surface area contributed by atoms with E-state index in [4.69, 9.17) is 0 Å². The highest BCUT2D eigenvalue weighted by Gasteiger charge is 2.17. The highest BCUT2D eigenvalue weighted by molar-refractivity contribution is 5.69. The van der Waals surface area contributed by atoms with Gasteiger partial charge in [-0.15, -0.1) is 9.36 Å². The fraction of sp³-hybridized carbons (Fsp3) is 0.810. The molecule has 2 aromatic heterocycles. The molecule has 10 nitrogen and oxygen atoms in total. The number of esters is 2. The van der Waals surface area contributed by atoms with Gasteiger partial charge in [-0.1, -0.05) is 104 Å². The molecule has 0 saturated heterocycles. The van der Waals surface area contributed by atoms with Crippen LogP contribution in [0.25, 0.3) is 0 Å². The topological polar surface area (TPSA) is 130 Å². The second-order valence-electron chi connectivity index (χ2n) is 14.4. The molecule has 0 unspecified atom stereocenters. The first-order chi connectivity index (χ1) is 24.2. The predicted octanol–water partition coefficient (Wildman–Crippen LogP) is 8.48. The van der Waals surface area contributed by atoms with Crippen LogP contribution < -0.4 is 9.36 Å². The quantitative estimate of drug-likeness (QED) is 0.0489. The van der Waals surface area contributed by atoms with E-state index in [2.05, 4.69) is 82.4 Å². The van der Waals surface area contributed by atoms with Gasteiger partial charge in [-0.2, -0.15) is 9.36 Å². The molecule has 0 atom stereocenters. The number of nitrogens with zero attached hydrogens (tertiary/aromatic N) is 4. The highest BCUT2D eigenvalue weighted by Crippen LogP contribution is 2.14. The zero-order valence-corrected chi connectivity index (χ0v) is 34.9. The minimum Gasteiger partial charge on any atom is -0.870 e. The number of hydrogen-bond acceptors (Lipinski definition) is 6. The van der Waals surface area contributed by atoms with Gasteiger partial charge < -0.3 is 20.4 Å². The van der Waals surface area contributed by atoms with Gasteiger partial charge >= 0.3 is 11.9 Å². The molecular formula is C42H80N4O6. The monoisotopic (exact) mass is 737 g/mol. The van der Waals surface area contributed by atoms with Gasteiger partial charge in [0.05, 0.1) is 39.7 Å². The number of aromatic nitrogens is 4. The standard InChI is InChI=1S/2C21H39N2O2.2H2O/c2*1-5-6-7-12-15-19-18-20(23(3)22(19)2)16-13-10-8-9-11-14-17-21(24)25-4;;/h2*18H,5-17H2,1-4H3;2*1H2/q2*+1;;/p-2. The third kappa shape index (κ3) is 22.4. The second kappa shape index (κ2) is 32.9. The van der Waals surface area contributed by atoms with Gasteiger partial charge in [0.25, 0.3) is 0 Å². The van der Waals surface area contributed by atoms with Crippen LogP contribution in [0.15, 0.2) is 12.1 Å². The van der Waals surface area contributed by atoms with Crippen molar-refractivity contribution in [2.45, 2.75) is 181 Å². The number of carbonyl (C=O) groups is 2. The van der Waals surface area contributed by atoms with Crippen LogP contribution in [-0.4, -0.2) is 46.5 Å². The first kappa shape index (κ1) is 51.4. The van der Waals surface area contributed by atoms with E-state index in [1.165, 1.54) is 165 Å². The van der Waals surface area contributed by atoms with Gasteiger partial charge in [0, 0.05) is 37.8 Å². The normalized spacial score (nSPS) is 10.6. The molecule has 0 bridgehead atoms. The van der Waals surface area contributed by atoms with Crippen molar-refractivity contribution in [1.29, 1.82) is 0 Å². The van der Waals surface area contributed by atoms with Gasteiger partial charge in [0.1, 0.15) is 0 Å². The van der Waals surface area contributed by atoms with E-state index in [9.17, 15) is 9.59 Å². The molecule has 0 saturated carbocycles. The Morgan fingerprint density at radius 2 is 0.788 bits per heavy atom. The summed E-state index contributed by atoms with van der Waals surface area (Å²) in [6.07, 6.45) is 30.7. The Balaban J connectivity index is 0. The molecule has 10 heteroatoms. The first-order valence-electron chi connectivity index (χ1n) is 20.4. The molecule has 2 aromatic rings. The van der Waals surface area contributed by atoms with Crippen molar-refractivity contribution in [3.63, 3.8) is 0 Å². The molecule has 0 aliphatic carbocycles. The molecule has 2 heterocycles. The van der Waals surface area contributed by atoms with Gasteiger partial charge in [0.15, 0.2) is 14.1 Å². The fourth-order valence-corrected chi connectivity index (χ4v) is 6.70. The van der Waals surface area contributed by atoms with Gasteiger partial charge in [0.2, 0.25) is 11.4 Å². The number of ether oxygens (including phenoxy) is 2. The maximum absolute atomic E-state index is 11.0. The van der Waals surface area contributed by atoms with Crippen LogP contribution in [0.5, 0.6) is 0 Å². The van der Waals surface area contributed by atoms with Crippen LogP contribution in [0.4, 0.5) is 0 Å². The molecule has 304 valence electrons. The molecule has 0 aliphatic rings. The molecular weight excluding hydrogens is 656 g/mol. The number of methoxy groups -OCH3 is 2. The maximum atomic E-state index is 11.0. The minimum absolute atomic E-state index is 0. The van der Waals surface area contributed by atoms with E-state index in [0.717, 1.165) is 25.7 Å². The Labute approximate surface area is 318 Å². The molecule has 0 aromatic carbocycles. The average molecular weight is 737 g/mol. The van der Waals surface area contributed by atoms with Crippen molar-refractivity contribution in [1.82, 2.24) is 9.36 Å². The third-order valence-corrected chi connectivity index (χ3v) is 10.4. The van der Waals surface area contributed by atoms with E-state index in [-0.39, 0.29) is 22.9 Å². The minimum atomic E-state index is -0.0814. The lowest BCUT2D eigenvalue weighted by atomic mass is 10.1. The average Bonchev–Trinajstić information content (AvgIpc) is 3.55. The zero-order valence-electron chi connectivity index (χ0n) is 34.9. The molecule has 2 N–H and O–H groups in total. The van der Waals surface area contributed by atoms with Crippen molar-refractivity contribution in [3.8, 4) is 0 Å². The van der Waals surface area contributed by atoms with Crippen LogP contribution in [0.1, 0.15) is 178 Å². The van der Waals surface area contributed by atoms with Gasteiger partial charge in [-0.3, -0.25) is 9.59 Å². The van der Waals surface area contributed by atoms with Crippen LogP contribution >= 0.6 is 0 Å². The number of unbranched alkanes of at least 4 members (excludes halogenated alkanes) is 16. The van der Waals surface area contributed by atoms with Crippen molar-refractivity contribution in [2.24, 2.45) is 28.2 Å². The maximum Gasteiger partial charge on any atom is 0.305 e. The Morgan fingerprint density at radius 3 is 1.12 bits per heavy atom. The molecule has 0 aliphatic heterocycles. The largest absolute Gasteiger partial charge is 0.870 e. The fourth-order valence-electron chi connectivity index (χ4n) is 6.70. The Morgan fingerprint density at radius 1 is 0.500 bits per heavy atom. The molecule has 52 heavy (non-hydrogen) atoms. The number of aryl methyl sites for hydroxylation is 4. The Kier molecular flexibility index (Phi) is 32.5. The zero-order chi connectivity index (χ0) is 37.0. The second-order valence-corrected chi connectivity index (χ2v) is 14.4. The van der Waals surface area contributed by atoms with E-state index in [1.54, 1.807) is 0 Å². The summed E-state index contributed by atoms with van der Waals surface area (Å²) in [5, 5.41) is 0. The SMILES string of the molecule is CCCCCCc1cc(CCCCCCCCC(=O)OC)n(C)[n+]1C.CCCCCCc1cc(CCCCCCCCC(=O)OC)n(C)[n+]1C.[OH-].[OH-]. The number of rotatable bonds is 28. The van der Waals surface area contributed by atoms with Crippen molar-refractivity contribution in [2.75, 3.05) is 14.2 Å². The van der Waals surface area contributed by atoms with Crippen LogP contribution in [0, 0.1) is 0 Å². The summed E-state index contributed by atoms with van der Waals surface area (Å²) in [7, 11) is 11.6. The summed E-state index contributed by atoms with van der Waals surface area (Å²) in [4.78, 5) is 22.1. The van der Waals surface area contributed by atoms with E-state index >= 15 is 0 Å². The van der Waals surface area contributed by atoms with E-state index < -0.39 is 0 Å². The summed E-state index contributed by atoms with van der Waals surface area (Å²) in [5.41, 5.74) is 5.85. The van der Waals surface area contributed by atoms with Crippen molar-refractivity contribution >= 4 is 11.9 Å². The summed E-state index contributed by atoms with van der Waals surface area (Å²) in [6.45, 7) is 4.53. The first-order valence-corrected chi connectivity index (χ1v) is 20.4. The summed E-state index contributed by atoms with van der Waals surface area (Å²) >= 11 is 0. The highest BCUT2D eigenvalue weighted by atomic mass is 16.5. The molecule has 0 radical (unpaired) electrons.